The van der Waals surface area contributed by atoms with Crippen molar-refractivity contribution < 1.29 is 4.79 Å². The third-order valence-electron chi connectivity index (χ3n) is 4.85. The number of nitrogens with one attached hydrogen (secondary N) is 1. The van der Waals surface area contributed by atoms with Gasteiger partial charge in [-0.1, -0.05) is 6.42 Å². The maximum atomic E-state index is 12.3. The molecule has 0 spiro atoms. The van der Waals surface area contributed by atoms with Crippen LogP contribution >= 0.6 is 0 Å². The lowest BCUT2D eigenvalue weighted by Crippen LogP contribution is -2.39. The molecule has 2 aliphatic rings. The molecule has 2 bridgehead atoms. The van der Waals surface area contributed by atoms with E-state index in [1.807, 2.05) is 0 Å². The second-order valence-corrected chi connectivity index (χ2v) is 6.04. The molecule has 0 radical (unpaired) electrons. The zero-order chi connectivity index (χ0) is 14.4. The molecular formula is C14H19N3O3. The number of rotatable bonds is 2. The highest BCUT2D eigenvalue weighted by Crippen LogP contribution is 2.48. The Morgan fingerprint density at radius 1 is 1.20 bits per heavy atom. The van der Waals surface area contributed by atoms with Crippen LogP contribution in [0.2, 0.25) is 0 Å². The minimum absolute atomic E-state index is 0.0351. The third kappa shape index (κ3) is 1.99. The predicted octanol–water partition coefficient (Wildman–Crippen LogP) is 0.459. The van der Waals surface area contributed by atoms with Crippen molar-refractivity contribution in [3.8, 4) is 0 Å². The Bertz CT molecular complexity index is 673. The van der Waals surface area contributed by atoms with Gasteiger partial charge in [-0.25, -0.2) is 4.79 Å². The number of carbonyl (C=O) groups excluding carboxylic acids is 1. The molecule has 2 fully saturated rings. The van der Waals surface area contributed by atoms with Crippen LogP contribution in [0.1, 0.15) is 25.7 Å². The quantitative estimate of drug-likeness (QED) is 0.853. The SMILES string of the molecule is Cn1c(NC(=O)[C@H]2C[C@@H]3CC[C@@H]2C3)cc(=O)n(C)c1=O. The predicted molar refractivity (Wildman–Crippen MR) is 74.5 cm³/mol. The number of hydrogen-bond acceptors (Lipinski definition) is 3. The normalized spacial score (nSPS) is 27.8. The summed E-state index contributed by atoms with van der Waals surface area (Å²) in [5.74, 6) is 1.42. The summed E-state index contributed by atoms with van der Waals surface area (Å²) in [4.78, 5) is 35.8. The van der Waals surface area contributed by atoms with Gasteiger partial charge in [-0.15, -0.1) is 0 Å². The molecule has 1 aromatic heterocycles. The fourth-order valence-electron chi connectivity index (χ4n) is 3.64. The highest BCUT2D eigenvalue weighted by atomic mass is 16.2. The van der Waals surface area contributed by atoms with Crippen LogP contribution in [0, 0.1) is 17.8 Å². The summed E-state index contributed by atoms with van der Waals surface area (Å²) in [5.41, 5.74) is -0.836. The van der Waals surface area contributed by atoms with E-state index in [9.17, 15) is 14.4 Å². The second kappa shape index (κ2) is 4.61. The lowest BCUT2D eigenvalue weighted by Gasteiger charge is -2.21. The molecule has 20 heavy (non-hydrogen) atoms. The van der Waals surface area contributed by atoms with Crippen LogP contribution in [0.15, 0.2) is 15.7 Å². The maximum absolute atomic E-state index is 12.3. The average Bonchev–Trinajstić information content (AvgIpc) is 3.05. The first-order valence-electron chi connectivity index (χ1n) is 7.05. The molecule has 6 heteroatoms. The highest BCUT2D eigenvalue weighted by molar-refractivity contribution is 5.92. The average molecular weight is 277 g/mol. The van der Waals surface area contributed by atoms with E-state index >= 15 is 0 Å². The first kappa shape index (κ1) is 13.1. The van der Waals surface area contributed by atoms with Gasteiger partial charge in [0, 0.05) is 26.1 Å². The van der Waals surface area contributed by atoms with Crippen molar-refractivity contribution in [2.45, 2.75) is 25.7 Å². The van der Waals surface area contributed by atoms with Gasteiger partial charge in [0.25, 0.3) is 5.56 Å². The summed E-state index contributed by atoms with van der Waals surface area (Å²) < 4.78 is 2.32. The molecule has 108 valence electrons. The molecule has 2 aliphatic carbocycles. The van der Waals surface area contributed by atoms with Gasteiger partial charge in [0.2, 0.25) is 5.91 Å². The zero-order valence-corrected chi connectivity index (χ0v) is 11.8. The highest BCUT2D eigenvalue weighted by Gasteiger charge is 2.43. The van der Waals surface area contributed by atoms with Crippen LogP contribution in [0.3, 0.4) is 0 Å². The van der Waals surface area contributed by atoms with Crippen molar-refractivity contribution in [1.82, 2.24) is 9.13 Å². The summed E-state index contributed by atoms with van der Waals surface area (Å²) in [6.07, 6.45) is 4.44. The van der Waals surface area contributed by atoms with E-state index in [1.54, 1.807) is 7.05 Å². The molecule has 1 aromatic rings. The van der Waals surface area contributed by atoms with Gasteiger partial charge in [0.05, 0.1) is 0 Å². The zero-order valence-electron chi connectivity index (χ0n) is 11.8. The lowest BCUT2D eigenvalue weighted by molar-refractivity contribution is -0.121. The summed E-state index contributed by atoms with van der Waals surface area (Å²) in [6.45, 7) is 0. The molecule has 3 atom stereocenters. The monoisotopic (exact) mass is 277 g/mol. The molecule has 3 rings (SSSR count). The van der Waals surface area contributed by atoms with Crippen molar-refractivity contribution in [2.24, 2.45) is 31.8 Å². The van der Waals surface area contributed by atoms with E-state index in [-0.39, 0.29) is 17.6 Å². The summed E-state index contributed by atoms with van der Waals surface area (Å²) in [6, 6.07) is 1.30. The Morgan fingerprint density at radius 2 is 1.95 bits per heavy atom. The summed E-state index contributed by atoms with van der Waals surface area (Å²) in [7, 11) is 2.98. The van der Waals surface area contributed by atoms with Crippen LogP contribution in [0.4, 0.5) is 5.82 Å². The van der Waals surface area contributed by atoms with E-state index in [4.69, 9.17) is 0 Å². The molecule has 0 aromatic carbocycles. The van der Waals surface area contributed by atoms with Gasteiger partial charge >= 0.3 is 5.69 Å². The van der Waals surface area contributed by atoms with Crippen molar-refractivity contribution in [3.63, 3.8) is 0 Å². The van der Waals surface area contributed by atoms with Crippen LogP contribution in [0.5, 0.6) is 0 Å². The van der Waals surface area contributed by atoms with Crippen molar-refractivity contribution in [2.75, 3.05) is 5.32 Å². The van der Waals surface area contributed by atoms with Gasteiger partial charge < -0.3 is 5.32 Å². The molecule has 0 aliphatic heterocycles. The largest absolute Gasteiger partial charge is 0.332 e. The Morgan fingerprint density at radius 3 is 2.55 bits per heavy atom. The van der Waals surface area contributed by atoms with Crippen LogP contribution in [-0.4, -0.2) is 15.0 Å². The number of aromatic nitrogens is 2. The maximum Gasteiger partial charge on any atom is 0.332 e. The number of fused-ring (bicyclic) bond motifs is 2. The minimum atomic E-state index is -0.430. The molecule has 2 saturated carbocycles. The van der Waals surface area contributed by atoms with E-state index in [2.05, 4.69) is 5.32 Å². The second-order valence-electron chi connectivity index (χ2n) is 6.04. The van der Waals surface area contributed by atoms with E-state index in [0.29, 0.717) is 11.8 Å². The van der Waals surface area contributed by atoms with Gasteiger partial charge in [-0.3, -0.25) is 18.7 Å². The molecule has 6 nitrogen and oxygen atoms in total. The van der Waals surface area contributed by atoms with Crippen LogP contribution < -0.4 is 16.6 Å². The first-order valence-corrected chi connectivity index (χ1v) is 7.05. The molecule has 1 heterocycles. The Labute approximate surface area is 116 Å². The summed E-state index contributed by atoms with van der Waals surface area (Å²) in [5, 5.41) is 2.76. The van der Waals surface area contributed by atoms with Gasteiger partial charge in [-0.2, -0.15) is 0 Å². The van der Waals surface area contributed by atoms with Crippen LogP contribution in [0.25, 0.3) is 0 Å². The van der Waals surface area contributed by atoms with Crippen LogP contribution in [-0.2, 0) is 18.9 Å². The third-order valence-corrected chi connectivity index (χ3v) is 4.85. The fraction of sp³-hybridized carbons (Fsp3) is 0.643. The van der Waals surface area contributed by atoms with Gasteiger partial charge in [-0.05, 0) is 31.1 Å². The number of nitrogens with zero attached hydrogens (tertiary/aromatic N) is 2. The molecule has 1 amide bonds. The fourth-order valence-corrected chi connectivity index (χ4v) is 3.64. The van der Waals surface area contributed by atoms with E-state index in [1.165, 1.54) is 24.1 Å². The number of anilines is 1. The number of hydrogen-bond donors (Lipinski definition) is 1. The number of amides is 1. The van der Waals surface area contributed by atoms with E-state index in [0.717, 1.165) is 23.8 Å². The first-order chi connectivity index (χ1) is 9.47. The van der Waals surface area contributed by atoms with Crippen molar-refractivity contribution in [1.29, 1.82) is 0 Å². The minimum Gasteiger partial charge on any atom is -0.312 e. The lowest BCUT2D eigenvalue weighted by atomic mass is 9.88. The number of carbonyl (C=O) groups is 1. The molecule has 1 N–H and O–H groups in total. The van der Waals surface area contributed by atoms with Gasteiger partial charge in [0.15, 0.2) is 0 Å². The molecular weight excluding hydrogens is 258 g/mol. The standard InChI is InChI=1S/C14H19N3O3/c1-16-11(7-12(18)17(2)14(16)20)15-13(19)10-6-8-3-4-9(10)5-8/h7-10H,3-6H2,1-2H3,(H,15,19)/t8-,9-,10+/m1/s1. The Balaban J connectivity index is 1.83. The Hall–Kier alpha value is -1.85. The van der Waals surface area contributed by atoms with Gasteiger partial charge in [0.1, 0.15) is 5.82 Å². The van der Waals surface area contributed by atoms with Crippen molar-refractivity contribution >= 4 is 11.7 Å². The Kier molecular flexibility index (Phi) is 3.03. The summed E-state index contributed by atoms with van der Waals surface area (Å²) >= 11 is 0. The topological polar surface area (TPSA) is 73.1 Å². The van der Waals surface area contributed by atoms with E-state index < -0.39 is 11.2 Å². The smallest absolute Gasteiger partial charge is 0.312 e. The molecule has 0 unspecified atom stereocenters. The van der Waals surface area contributed by atoms with Crippen molar-refractivity contribution in [3.05, 3.63) is 26.9 Å². The molecule has 0 saturated heterocycles.